The van der Waals surface area contributed by atoms with Gasteiger partial charge in [0.05, 0.1) is 5.37 Å². The summed E-state index contributed by atoms with van der Waals surface area (Å²) in [4.78, 5) is 0. The molecule has 0 aliphatic heterocycles. The van der Waals surface area contributed by atoms with Gasteiger partial charge in [-0.25, -0.2) is 0 Å². The van der Waals surface area contributed by atoms with Crippen molar-refractivity contribution < 1.29 is 0 Å². The van der Waals surface area contributed by atoms with E-state index in [0.29, 0.717) is 5.92 Å². The van der Waals surface area contributed by atoms with Crippen molar-refractivity contribution in [2.24, 2.45) is 11.7 Å². The molecule has 1 atom stereocenters. The molecule has 1 nitrogen and oxygen atoms in total. The molecule has 0 radical (unpaired) electrons. The molecular formula is C7H15NS. The summed E-state index contributed by atoms with van der Waals surface area (Å²) in [5.74, 6) is 0.696. The summed E-state index contributed by atoms with van der Waals surface area (Å²) in [5, 5.41) is 0.130. The molecule has 54 valence electrons. The first kappa shape index (κ1) is 7.42. The van der Waals surface area contributed by atoms with Crippen LogP contribution in [0.15, 0.2) is 0 Å². The largest absolute Gasteiger partial charge is 0.319 e. The van der Waals surface area contributed by atoms with E-state index in [-0.39, 0.29) is 5.37 Å². The van der Waals surface area contributed by atoms with Gasteiger partial charge < -0.3 is 5.73 Å². The van der Waals surface area contributed by atoms with Crippen LogP contribution in [0, 0.1) is 5.92 Å². The lowest BCUT2D eigenvalue weighted by molar-refractivity contribution is 0.352. The number of nitrogens with two attached hydrogens (primary N) is 1. The van der Waals surface area contributed by atoms with Crippen molar-refractivity contribution in [3.8, 4) is 0 Å². The molecular weight excluding hydrogens is 130 g/mol. The Hall–Kier alpha value is 0.310. The maximum Gasteiger partial charge on any atom is 0.0505 e. The van der Waals surface area contributed by atoms with Crippen molar-refractivity contribution in [1.29, 1.82) is 0 Å². The summed E-state index contributed by atoms with van der Waals surface area (Å²) in [5.41, 5.74) is 5.63. The Morgan fingerprint density at radius 2 is 1.78 bits per heavy atom. The van der Waals surface area contributed by atoms with Gasteiger partial charge in [-0.3, -0.25) is 0 Å². The monoisotopic (exact) mass is 145 g/mol. The van der Waals surface area contributed by atoms with Crippen LogP contribution in [0.3, 0.4) is 0 Å². The van der Waals surface area contributed by atoms with Gasteiger partial charge in [-0.05, 0) is 18.8 Å². The lowest BCUT2D eigenvalue weighted by Crippen LogP contribution is -2.25. The number of thiol groups is 1. The highest BCUT2D eigenvalue weighted by molar-refractivity contribution is 7.80. The number of rotatable bonds is 1. The lowest BCUT2D eigenvalue weighted by Gasteiger charge is -2.23. The van der Waals surface area contributed by atoms with Crippen molar-refractivity contribution in [2.75, 3.05) is 0 Å². The molecule has 1 saturated carbocycles. The molecule has 2 heteroatoms. The van der Waals surface area contributed by atoms with Crippen molar-refractivity contribution in [2.45, 2.75) is 37.5 Å². The van der Waals surface area contributed by atoms with Crippen LogP contribution < -0.4 is 5.73 Å². The Kier molecular flexibility index (Phi) is 2.86. The summed E-state index contributed by atoms with van der Waals surface area (Å²) < 4.78 is 0. The predicted molar refractivity (Wildman–Crippen MR) is 43.5 cm³/mol. The standard InChI is InChI=1S/C7H15NS/c8-7(9)6-4-2-1-3-5-6/h6-7,9H,1-5,8H2. The van der Waals surface area contributed by atoms with E-state index in [9.17, 15) is 0 Å². The first-order chi connectivity index (χ1) is 4.30. The Morgan fingerprint density at radius 1 is 1.22 bits per heavy atom. The Labute approximate surface area is 62.4 Å². The van der Waals surface area contributed by atoms with E-state index in [0.717, 1.165) is 0 Å². The molecule has 1 aliphatic rings. The zero-order valence-electron chi connectivity index (χ0n) is 5.71. The molecule has 1 rings (SSSR count). The van der Waals surface area contributed by atoms with Crippen LogP contribution >= 0.6 is 12.6 Å². The van der Waals surface area contributed by atoms with Crippen molar-refractivity contribution in [3.63, 3.8) is 0 Å². The molecule has 0 aromatic carbocycles. The lowest BCUT2D eigenvalue weighted by atomic mass is 9.89. The average molecular weight is 145 g/mol. The average Bonchev–Trinajstić information content (AvgIpc) is 1.90. The minimum Gasteiger partial charge on any atom is -0.319 e. The Morgan fingerprint density at radius 3 is 2.11 bits per heavy atom. The molecule has 0 aromatic heterocycles. The van der Waals surface area contributed by atoms with Gasteiger partial charge in [0.2, 0.25) is 0 Å². The van der Waals surface area contributed by atoms with E-state index >= 15 is 0 Å². The normalized spacial score (nSPS) is 26.0. The summed E-state index contributed by atoms with van der Waals surface area (Å²) >= 11 is 4.22. The topological polar surface area (TPSA) is 26.0 Å². The summed E-state index contributed by atoms with van der Waals surface area (Å²) in [6, 6.07) is 0. The molecule has 0 amide bonds. The van der Waals surface area contributed by atoms with Crippen LogP contribution in [0.25, 0.3) is 0 Å². The molecule has 1 aliphatic carbocycles. The molecule has 9 heavy (non-hydrogen) atoms. The van der Waals surface area contributed by atoms with E-state index < -0.39 is 0 Å². The minimum atomic E-state index is 0.130. The maximum atomic E-state index is 5.63. The van der Waals surface area contributed by atoms with E-state index in [1.807, 2.05) is 0 Å². The minimum absolute atomic E-state index is 0.130. The van der Waals surface area contributed by atoms with Gasteiger partial charge in [0, 0.05) is 0 Å². The van der Waals surface area contributed by atoms with Gasteiger partial charge in [0.15, 0.2) is 0 Å². The fourth-order valence-electron chi connectivity index (χ4n) is 1.48. The third-order valence-corrected chi connectivity index (χ3v) is 2.55. The molecule has 0 aromatic rings. The highest BCUT2D eigenvalue weighted by Gasteiger charge is 2.16. The van der Waals surface area contributed by atoms with E-state index in [4.69, 9.17) is 5.73 Å². The Bertz CT molecular complexity index is 77.0. The molecule has 0 bridgehead atoms. The maximum absolute atomic E-state index is 5.63. The van der Waals surface area contributed by atoms with E-state index in [1.165, 1.54) is 32.1 Å². The number of hydrogen-bond donors (Lipinski definition) is 2. The fourth-order valence-corrected chi connectivity index (χ4v) is 1.77. The Balaban J connectivity index is 2.23. The molecule has 0 heterocycles. The van der Waals surface area contributed by atoms with Gasteiger partial charge >= 0.3 is 0 Å². The highest BCUT2D eigenvalue weighted by atomic mass is 32.1. The van der Waals surface area contributed by atoms with Crippen LogP contribution in [0.4, 0.5) is 0 Å². The molecule has 1 fully saturated rings. The molecule has 1 unspecified atom stereocenters. The van der Waals surface area contributed by atoms with Gasteiger partial charge in [0.25, 0.3) is 0 Å². The smallest absolute Gasteiger partial charge is 0.0505 e. The fraction of sp³-hybridized carbons (Fsp3) is 1.00. The molecule has 0 saturated heterocycles. The summed E-state index contributed by atoms with van der Waals surface area (Å²) in [6.45, 7) is 0. The summed E-state index contributed by atoms with van der Waals surface area (Å²) in [6.07, 6.45) is 6.71. The van der Waals surface area contributed by atoms with Gasteiger partial charge in [-0.1, -0.05) is 19.3 Å². The highest BCUT2D eigenvalue weighted by Crippen LogP contribution is 2.26. The third-order valence-electron chi connectivity index (χ3n) is 2.13. The van der Waals surface area contributed by atoms with E-state index in [1.54, 1.807) is 0 Å². The molecule has 0 spiro atoms. The third kappa shape index (κ3) is 2.18. The van der Waals surface area contributed by atoms with Gasteiger partial charge in [-0.15, -0.1) is 0 Å². The quantitative estimate of drug-likeness (QED) is 0.427. The van der Waals surface area contributed by atoms with Crippen LogP contribution in [-0.2, 0) is 0 Å². The van der Waals surface area contributed by atoms with E-state index in [2.05, 4.69) is 12.6 Å². The van der Waals surface area contributed by atoms with Crippen molar-refractivity contribution in [1.82, 2.24) is 0 Å². The SMILES string of the molecule is NC(S)C1CCCCC1. The van der Waals surface area contributed by atoms with Crippen LogP contribution in [0.2, 0.25) is 0 Å². The van der Waals surface area contributed by atoms with Crippen molar-refractivity contribution >= 4 is 12.6 Å². The second-order valence-corrected chi connectivity index (χ2v) is 3.48. The molecule has 2 N–H and O–H groups in total. The summed E-state index contributed by atoms with van der Waals surface area (Å²) in [7, 11) is 0. The van der Waals surface area contributed by atoms with Crippen molar-refractivity contribution in [3.05, 3.63) is 0 Å². The number of hydrogen-bond acceptors (Lipinski definition) is 2. The van der Waals surface area contributed by atoms with Crippen LogP contribution in [0.5, 0.6) is 0 Å². The van der Waals surface area contributed by atoms with Crippen LogP contribution in [-0.4, -0.2) is 5.37 Å². The second kappa shape index (κ2) is 3.47. The second-order valence-electron chi connectivity index (χ2n) is 2.89. The van der Waals surface area contributed by atoms with Gasteiger partial charge in [-0.2, -0.15) is 12.6 Å². The first-order valence-corrected chi connectivity index (χ1v) is 4.26. The van der Waals surface area contributed by atoms with Gasteiger partial charge in [0.1, 0.15) is 0 Å². The zero-order valence-corrected chi connectivity index (χ0v) is 6.61. The first-order valence-electron chi connectivity index (χ1n) is 3.74. The zero-order chi connectivity index (χ0) is 6.69. The predicted octanol–water partition coefficient (Wildman–Crippen LogP) is 1.78. The van der Waals surface area contributed by atoms with Crippen LogP contribution in [0.1, 0.15) is 32.1 Å².